The van der Waals surface area contributed by atoms with E-state index in [1.165, 1.54) is 12.1 Å². The van der Waals surface area contributed by atoms with Gasteiger partial charge in [-0.1, -0.05) is 12.1 Å². The van der Waals surface area contributed by atoms with Gasteiger partial charge in [-0.3, -0.25) is 0 Å². The predicted octanol–water partition coefficient (Wildman–Crippen LogP) is 1.04. The number of benzene rings is 2. The van der Waals surface area contributed by atoms with Crippen LogP contribution in [0.3, 0.4) is 0 Å². The molecule has 1 aromatic heterocycles. The normalized spacial score (nSPS) is 13.6. The maximum atomic E-state index is 14.0. The van der Waals surface area contributed by atoms with E-state index in [0.29, 0.717) is 16.7 Å². The molecule has 0 fully saturated rings. The van der Waals surface area contributed by atoms with Crippen LogP contribution in [0.25, 0.3) is 22.5 Å². The average molecular weight is 556 g/mol. The number of halogens is 7. The number of carboxylic acids is 1. The Hall–Kier alpha value is -2.45. The first-order chi connectivity index (χ1) is 17.2. The van der Waals surface area contributed by atoms with Crippen LogP contribution < -0.4 is 34.7 Å². The molecule has 0 saturated heterocycles. The molecule has 2 N–H and O–H groups in total. The minimum absolute atomic E-state index is 0. The molecule has 0 spiro atoms. The Kier molecular flexibility index (Phi) is 10.5. The van der Waals surface area contributed by atoms with Gasteiger partial charge in [0.15, 0.2) is 0 Å². The number of nitrogens with zero attached hydrogens (tertiary/aromatic N) is 2. The first-order valence-electron chi connectivity index (χ1n) is 10.8. The first kappa shape index (κ1) is 31.8. The van der Waals surface area contributed by atoms with Gasteiger partial charge < -0.3 is 24.7 Å². The number of carboxylic acid groups (broad SMARTS) is 1. The van der Waals surface area contributed by atoms with Gasteiger partial charge in [0.05, 0.1) is 29.2 Å². The number of aliphatic hydroxyl groups is 2. The molecule has 200 valence electrons. The van der Waals surface area contributed by atoms with Gasteiger partial charge in [-0.15, -0.1) is 0 Å². The number of imidazole rings is 1. The smallest absolute Gasteiger partial charge is 0.550 e. The van der Waals surface area contributed by atoms with Crippen LogP contribution >= 0.6 is 0 Å². The number of aliphatic hydroxyl groups excluding tert-OH is 2. The minimum atomic E-state index is -5.02. The summed E-state index contributed by atoms with van der Waals surface area (Å²) in [4.78, 5) is 14.3. The van der Waals surface area contributed by atoms with Crippen LogP contribution in [-0.4, -0.2) is 37.9 Å². The summed E-state index contributed by atoms with van der Waals surface area (Å²) in [6.07, 6.45) is -14.2. The second kappa shape index (κ2) is 12.6. The molecular formula is C24H20F7N2NaO4. The van der Waals surface area contributed by atoms with Gasteiger partial charge in [0, 0.05) is 30.1 Å². The number of carbonyl (C=O) groups is 1. The van der Waals surface area contributed by atoms with Crippen LogP contribution in [0.2, 0.25) is 0 Å². The van der Waals surface area contributed by atoms with Gasteiger partial charge in [0.25, 0.3) is 0 Å². The minimum Gasteiger partial charge on any atom is -0.550 e. The van der Waals surface area contributed by atoms with E-state index in [1.54, 1.807) is 0 Å². The molecule has 3 rings (SSSR count). The van der Waals surface area contributed by atoms with Crippen molar-refractivity contribution >= 4 is 5.97 Å². The molecule has 0 bridgehead atoms. The van der Waals surface area contributed by atoms with E-state index in [-0.39, 0.29) is 58.5 Å². The fourth-order valence-electron chi connectivity index (χ4n) is 3.79. The number of rotatable bonds is 9. The Morgan fingerprint density at radius 3 is 1.95 bits per heavy atom. The molecule has 0 aliphatic rings. The Morgan fingerprint density at radius 1 is 0.895 bits per heavy atom. The monoisotopic (exact) mass is 556 g/mol. The second-order valence-corrected chi connectivity index (χ2v) is 8.27. The number of hydrogen-bond donors (Lipinski definition) is 2. The van der Waals surface area contributed by atoms with Gasteiger partial charge in [-0.05, 0) is 49.2 Å². The van der Waals surface area contributed by atoms with Crippen LogP contribution in [-0.2, 0) is 23.7 Å². The molecule has 0 aliphatic heterocycles. The van der Waals surface area contributed by atoms with Crippen LogP contribution in [0.1, 0.15) is 30.7 Å². The van der Waals surface area contributed by atoms with Gasteiger partial charge in [0.1, 0.15) is 5.82 Å². The van der Waals surface area contributed by atoms with E-state index >= 15 is 0 Å². The molecule has 0 saturated carbocycles. The molecule has 6 nitrogen and oxygen atoms in total. The Labute approximate surface area is 234 Å². The van der Waals surface area contributed by atoms with Crippen LogP contribution in [0, 0.1) is 5.82 Å². The number of aliphatic carboxylic acids is 1. The van der Waals surface area contributed by atoms with E-state index < -0.39 is 67.1 Å². The van der Waals surface area contributed by atoms with Crippen LogP contribution in [0.5, 0.6) is 0 Å². The number of carbonyl (C=O) groups excluding carboxylic acids is 1. The third-order valence-electron chi connectivity index (χ3n) is 5.46. The Bertz CT molecular complexity index is 1230. The molecule has 0 unspecified atom stereocenters. The zero-order chi connectivity index (χ0) is 27.5. The second-order valence-electron chi connectivity index (χ2n) is 8.27. The van der Waals surface area contributed by atoms with E-state index in [4.69, 9.17) is 0 Å². The summed E-state index contributed by atoms with van der Waals surface area (Å²) >= 11 is 0. The third-order valence-corrected chi connectivity index (χ3v) is 5.46. The van der Waals surface area contributed by atoms with Crippen molar-refractivity contribution in [3.63, 3.8) is 0 Å². The molecular weight excluding hydrogens is 536 g/mol. The summed E-state index contributed by atoms with van der Waals surface area (Å²) < 4.78 is 95.1. The zero-order valence-corrected chi connectivity index (χ0v) is 21.9. The van der Waals surface area contributed by atoms with Crippen LogP contribution in [0.15, 0.2) is 48.5 Å². The largest absolute Gasteiger partial charge is 1.00 e. The fraction of sp³-hybridized carbons (Fsp3) is 0.333. The SMILES string of the molecule is O=C([O-])C[C@H](O)C[C@H](O)CCn1c(C(F)(F)F)nc(-c2ccc(C(F)(F)F)cc2)c1-c1ccc(F)cc1.[Na+]. The van der Waals surface area contributed by atoms with E-state index in [9.17, 15) is 50.8 Å². The summed E-state index contributed by atoms with van der Waals surface area (Å²) in [5.41, 5.74) is -1.52. The van der Waals surface area contributed by atoms with Crippen LogP contribution in [0.4, 0.5) is 30.7 Å². The van der Waals surface area contributed by atoms with Gasteiger partial charge in [0.2, 0.25) is 5.82 Å². The van der Waals surface area contributed by atoms with Crippen molar-refractivity contribution in [1.29, 1.82) is 0 Å². The first-order valence-corrected chi connectivity index (χ1v) is 10.8. The standard InChI is InChI=1S/C24H21F7N2O4.Na/c25-16-7-3-14(4-8-16)21-20(13-1-5-15(6-2-13)23(26,27)28)32-22(24(29,30)31)33(21)10-9-17(34)11-18(35)12-19(36)37;/h1-8,17-18,34-35H,9-12H2,(H,36,37);/q;+1/p-1/t17-,18-;/m1./s1. The maximum absolute atomic E-state index is 14.0. The van der Waals surface area contributed by atoms with E-state index in [1.807, 2.05) is 0 Å². The van der Waals surface area contributed by atoms with Gasteiger partial charge in [-0.25, -0.2) is 9.37 Å². The zero-order valence-electron chi connectivity index (χ0n) is 19.9. The summed E-state index contributed by atoms with van der Waals surface area (Å²) in [5.74, 6) is -3.67. The van der Waals surface area contributed by atoms with Crippen molar-refractivity contribution < 1.29 is 80.4 Å². The topological polar surface area (TPSA) is 98.4 Å². The predicted molar refractivity (Wildman–Crippen MR) is 114 cm³/mol. The molecule has 1 heterocycles. The van der Waals surface area contributed by atoms with Crippen molar-refractivity contribution in [2.24, 2.45) is 0 Å². The Balaban J connectivity index is 0.00000507. The van der Waals surface area contributed by atoms with Crippen molar-refractivity contribution in [2.45, 2.75) is 50.4 Å². The molecule has 0 aliphatic carbocycles. The van der Waals surface area contributed by atoms with Crippen molar-refractivity contribution in [3.8, 4) is 22.5 Å². The summed E-state index contributed by atoms with van der Waals surface area (Å²) in [6, 6.07) is 7.65. The molecule has 0 amide bonds. The fourth-order valence-corrected chi connectivity index (χ4v) is 3.79. The third kappa shape index (κ3) is 8.03. The maximum Gasteiger partial charge on any atom is 1.00 e. The molecule has 2 atom stereocenters. The number of aromatic nitrogens is 2. The molecule has 0 radical (unpaired) electrons. The van der Waals surface area contributed by atoms with Crippen molar-refractivity contribution in [3.05, 3.63) is 65.7 Å². The Morgan fingerprint density at radius 2 is 1.45 bits per heavy atom. The number of alkyl halides is 6. The summed E-state index contributed by atoms with van der Waals surface area (Å²) in [5, 5.41) is 30.4. The molecule has 3 aromatic rings. The molecule has 2 aromatic carbocycles. The van der Waals surface area contributed by atoms with Gasteiger partial charge in [-0.2, -0.15) is 26.3 Å². The quantitative estimate of drug-likeness (QED) is 0.303. The molecule has 14 heteroatoms. The average Bonchev–Trinajstić information content (AvgIpc) is 3.17. The summed E-state index contributed by atoms with van der Waals surface area (Å²) in [6.45, 7) is -0.519. The van der Waals surface area contributed by atoms with Crippen molar-refractivity contribution in [1.82, 2.24) is 9.55 Å². The van der Waals surface area contributed by atoms with E-state index in [0.717, 1.165) is 24.3 Å². The van der Waals surface area contributed by atoms with Crippen molar-refractivity contribution in [2.75, 3.05) is 0 Å². The summed E-state index contributed by atoms with van der Waals surface area (Å²) in [7, 11) is 0. The van der Waals surface area contributed by atoms with Gasteiger partial charge >= 0.3 is 41.9 Å². The van der Waals surface area contributed by atoms with E-state index in [2.05, 4.69) is 4.98 Å². The molecule has 38 heavy (non-hydrogen) atoms. The number of hydrogen-bond acceptors (Lipinski definition) is 5.